The van der Waals surface area contributed by atoms with Crippen LogP contribution in [-0.2, 0) is 5.41 Å². The maximum Gasteiger partial charge on any atom is 0.162 e. The van der Waals surface area contributed by atoms with Gasteiger partial charge in [0.15, 0.2) is 11.5 Å². The third kappa shape index (κ3) is 5.36. The molecule has 2 aromatic rings. The molecule has 0 saturated carbocycles. The summed E-state index contributed by atoms with van der Waals surface area (Å²) in [6.45, 7) is 7.37. The van der Waals surface area contributed by atoms with Gasteiger partial charge in [0, 0.05) is 5.56 Å². The molecule has 2 rings (SSSR count). The summed E-state index contributed by atoms with van der Waals surface area (Å²) < 4.78 is 16.8. The zero-order chi connectivity index (χ0) is 18.4. The van der Waals surface area contributed by atoms with E-state index in [2.05, 4.69) is 32.9 Å². The Morgan fingerprint density at radius 3 is 2.16 bits per heavy atom. The molecule has 0 fully saturated rings. The van der Waals surface area contributed by atoms with Gasteiger partial charge < -0.3 is 19.9 Å². The van der Waals surface area contributed by atoms with Crippen molar-refractivity contribution in [2.75, 3.05) is 20.3 Å². The minimum Gasteiger partial charge on any atom is -0.493 e. The predicted octanol–water partition coefficient (Wildman–Crippen LogP) is 4.08. The predicted molar refractivity (Wildman–Crippen MR) is 105 cm³/mol. The number of thiocarbonyl (C=S) groups is 1. The van der Waals surface area contributed by atoms with Crippen LogP contribution in [0.1, 0.15) is 31.9 Å². The molecule has 0 heterocycles. The molecule has 0 amide bonds. The van der Waals surface area contributed by atoms with E-state index in [0.29, 0.717) is 29.7 Å². The highest BCUT2D eigenvalue weighted by molar-refractivity contribution is 7.80. The van der Waals surface area contributed by atoms with E-state index in [9.17, 15) is 0 Å². The summed E-state index contributed by atoms with van der Waals surface area (Å²) >= 11 is 4.99. The van der Waals surface area contributed by atoms with E-state index in [-0.39, 0.29) is 5.41 Å². The molecular formula is C20H25NO3S. The zero-order valence-corrected chi connectivity index (χ0v) is 16.0. The number of hydrogen-bond donors (Lipinski definition) is 1. The van der Waals surface area contributed by atoms with Crippen molar-refractivity contribution in [1.29, 1.82) is 0 Å². The van der Waals surface area contributed by atoms with Gasteiger partial charge in [-0.05, 0) is 41.3 Å². The SMILES string of the molecule is COc1ccc(C(N)=S)cc1OCCOc1ccc(C(C)(C)C)cc1. The minimum absolute atomic E-state index is 0.132. The van der Waals surface area contributed by atoms with Gasteiger partial charge >= 0.3 is 0 Å². The summed E-state index contributed by atoms with van der Waals surface area (Å²) in [4.78, 5) is 0.322. The first-order valence-electron chi connectivity index (χ1n) is 8.15. The number of methoxy groups -OCH3 is 1. The molecule has 0 spiro atoms. The van der Waals surface area contributed by atoms with Crippen LogP contribution in [0.3, 0.4) is 0 Å². The minimum atomic E-state index is 0.132. The van der Waals surface area contributed by atoms with Crippen molar-refractivity contribution in [2.45, 2.75) is 26.2 Å². The Balaban J connectivity index is 1.91. The standard InChI is InChI=1S/C20H25NO3S/c1-20(2,3)15-6-8-16(9-7-15)23-11-12-24-18-13-14(19(21)25)5-10-17(18)22-4/h5-10,13H,11-12H2,1-4H3,(H2,21,25). The summed E-state index contributed by atoms with van der Waals surface area (Å²) in [5.41, 5.74) is 7.80. The third-order valence-corrected chi connectivity index (χ3v) is 4.01. The third-order valence-electron chi connectivity index (χ3n) is 3.78. The molecule has 134 valence electrons. The Bertz CT molecular complexity index is 721. The second-order valence-electron chi connectivity index (χ2n) is 6.70. The lowest BCUT2D eigenvalue weighted by Gasteiger charge is -2.19. The van der Waals surface area contributed by atoms with E-state index in [4.69, 9.17) is 32.2 Å². The summed E-state index contributed by atoms with van der Waals surface area (Å²) in [6, 6.07) is 13.5. The van der Waals surface area contributed by atoms with Gasteiger partial charge in [0.2, 0.25) is 0 Å². The summed E-state index contributed by atoms with van der Waals surface area (Å²) in [5, 5.41) is 0. The molecule has 0 atom stereocenters. The monoisotopic (exact) mass is 359 g/mol. The highest BCUT2D eigenvalue weighted by atomic mass is 32.1. The Hall–Kier alpha value is -2.27. The van der Waals surface area contributed by atoms with Gasteiger partial charge in [0.05, 0.1) is 7.11 Å². The van der Waals surface area contributed by atoms with Crippen molar-refractivity contribution in [3.8, 4) is 17.2 Å². The van der Waals surface area contributed by atoms with Gasteiger partial charge in [-0.2, -0.15) is 0 Å². The van der Waals surface area contributed by atoms with Gasteiger partial charge in [-0.15, -0.1) is 0 Å². The van der Waals surface area contributed by atoms with E-state index >= 15 is 0 Å². The molecule has 0 aliphatic carbocycles. The lowest BCUT2D eigenvalue weighted by Crippen LogP contribution is -2.13. The Kier molecular flexibility index (Phi) is 6.26. The molecule has 5 heteroatoms. The van der Waals surface area contributed by atoms with E-state index < -0.39 is 0 Å². The fraction of sp³-hybridized carbons (Fsp3) is 0.350. The molecule has 0 saturated heterocycles. The van der Waals surface area contributed by atoms with Crippen molar-refractivity contribution >= 4 is 17.2 Å². The molecule has 0 unspecified atom stereocenters. The second kappa shape index (κ2) is 8.21. The van der Waals surface area contributed by atoms with Crippen LogP contribution < -0.4 is 19.9 Å². The van der Waals surface area contributed by atoms with Gasteiger partial charge in [-0.25, -0.2) is 0 Å². The Morgan fingerprint density at radius 1 is 0.960 bits per heavy atom. The molecule has 0 aliphatic heterocycles. The molecule has 0 bridgehead atoms. The first-order chi connectivity index (χ1) is 11.8. The molecule has 0 radical (unpaired) electrons. The molecular weight excluding hydrogens is 334 g/mol. The zero-order valence-electron chi connectivity index (χ0n) is 15.2. The second-order valence-corrected chi connectivity index (χ2v) is 7.14. The van der Waals surface area contributed by atoms with Crippen molar-refractivity contribution < 1.29 is 14.2 Å². The fourth-order valence-corrected chi connectivity index (χ4v) is 2.43. The van der Waals surface area contributed by atoms with Gasteiger partial charge in [0.25, 0.3) is 0 Å². The van der Waals surface area contributed by atoms with Crippen molar-refractivity contribution in [1.82, 2.24) is 0 Å². The smallest absolute Gasteiger partial charge is 0.162 e. The average molecular weight is 359 g/mol. The van der Waals surface area contributed by atoms with Gasteiger partial charge in [-0.1, -0.05) is 45.1 Å². The molecule has 4 nitrogen and oxygen atoms in total. The topological polar surface area (TPSA) is 53.7 Å². The van der Waals surface area contributed by atoms with Gasteiger partial charge in [-0.3, -0.25) is 0 Å². The molecule has 2 N–H and O–H groups in total. The normalized spacial score (nSPS) is 11.0. The van der Waals surface area contributed by atoms with E-state index in [0.717, 1.165) is 11.3 Å². The van der Waals surface area contributed by atoms with Crippen LogP contribution in [0.5, 0.6) is 17.2 Å². The molecule has 25 heavy (non-hydrogen) atoms. The lowest BCUT2D eigenvalue weighted by atomic mass is 9.87. The van der Waals surface area contributed by atoms with Crippen molar-refractivity contribution in [3.63, 3.8) is 0 Å². The maximum atomic E-state index is 5.75. The summed E-state index contributed by atoms with van der Waals surface area (Å²) in [5.74, 6) is 2.05. The van der Waals surface area contributed by atoms with Crippen LogP contribution in [0.4, 0.5) is 0 Å². The van der Waals surface area contributed by atoms with Crippen LogP contribution in [0, 0.1) is 0 Å². The van der Waals surface area contributed by atoms with Crippen molar-refractivity contribution in [2.24, 2.45) is 5.73 Å². The van der Waals surface area contributed by atoms with Gasteiger partial charge in [0.1, 0.15) is 24.0 Å². The number of nitrogens with two attached hydrogens (primary N) is 1. The van der Waals surface area contributed by atoms with Crippen LogP contribution in [-0.4, -0.2) is 25.3 Å². The summed E-state index contributed by atoms with van der Waals surface area (Å²) in [7, 11) is 1.59. The quantitative estimate of drug-likeness (QED) is 0.596. The van der Waals surface area contributed by atoms with Crippen LogP contribution in [0.25, 0.3) is 0 Å². The highest BCUT2D eigenvalue weighted by Gasteiger charge is 2.13. The fourth-order valence-electron chi connectivity index (χ4n) is 2.31. The number of benzene rings is 2. The van der Waals surface area contributed by atoms with Crippen LogP contribution in [0.15, 0.2) is 42.5 Å². The molecule has 0 aliphatic rings. The lowest BCUT2D eigenvalue weighted by molar-refractivity contribution is 0.211. The Labute approximate surface area is 154 Å². The molecule has 0 aromatic heterocycles. The molecule has 2 aromatic carbocycles. The van der Waals surface area contributed by atoms with E-state index in [1.165, 1.54) is 5.56 Å². The number of ether oxygens (including phenoxy) is 3. The first-order valence-corrected chi connectivity index (χ1v) is 8.56. The number of hydrogen-bond acceptors (Lipinski definition) is 4. The van der Waals surface area contributed by atoms with E-state index in [1.807, 2.05) is 12.1 Å². The largest absolute Gasteiger partial charge is 0.493 e. The van der Waals surface area contributed by atoms with Crippen LogP contribution in [0.2, 0.25) is 0 Å². The summed E-state index contributed by atoms with van der Waals surface area (Å²) in [6.07, 6.45) is 0. The first kappa shape index (κ1) is 19.1. The number of rotatable bonds is 7. The van der Waals surface area contributed by atoms with Crippen molar-refractivity contribution in [3.05, 3.63) is 53.6 Å². The van der Waals surface area contributed by atoms with Crippen LogP contribution >= 0.6 is 12.2 Å². The van der Waals surface area contributed by atoms with E-state index in [1.54, 1.807) is 25.3 Å². The maximum absolute atomic E-state index is 5.75. The Morgan fingerprint density at radius 2 is 1.60 bits per heavy atom. The average Bonchev–Trinajstić information content (AvgIpc) is 2.58. The highest BCUT2D eigenvalue weighted by Crippen LogP contribution is 2.28.